The summed E-state index contributed by atoms with van der Waals surface area (Å²) in [4.78, 5) is 0. The maximum atomic E-state index is 10.1. The number of rotatable bonds is 4. The molecule has 0 aromatic rings. The topological polar surface area (TPSA) is 46.2 Å². The first-order chi connectivity index (χ1) is 5.90. The normalized spacial score (nSPS) is 26.5. The van der Waals surface area contributed by atoms with Crippen molar-refractivity contribution >= 4 is 0 Å². The highest BCUT2D eigenvalue weighted by atomic mass is 16.3. The molecule has 3 N–H and O–H groups in total. The SMILES string of the molecule is CCCCC(N)C1(O)CC(C)(C)C1. The van der Waals surface area contributed by atoms with Crippen molar-refractivity contribution in [3.63, 3.8) is 0 Å². The van der Waals surface area contributed by atoms with E-state index in [-0.39, 0.29) is 6.04 Å². The summed E-state index contributed by atoms with van der Waals surface area (Å²) in [5, 5.41) is 10.1. The minimum Gasteiger partial charge on any atom is -0.388 e. The van der Waals surface area contributed by atoms with Gasteiger partial charge in [0, 0.05) is 6.04 Å². The summed E-state index contributed by atoms with van der Waals surface area (Å²) in [5.41, 5.74) is 5.72. The maximum Gasteiger partial charge on any atom is 0.0808 e. The third-order valence-corrected chi connectivity index (χ3v) is 3.13. The van der Waals surface area contributed by atoms with Crippen LogP contribution in [-0.2, 0) is 0 Å². The minimum absolute atomic E-state index is 0.0134. The van der Waals surface area contributed by atoms with E-state index < -0.39 is 5.60 Å². The van der Waals surface area contributed by atoms with Crippen LogP contribution in [0.5, 0.6) is 0 Å². The van der Waals surface area contributed by atoms with Crippen molar-refractivity contribution in [3.8, 4) is 0 Å². The van der Waals surface area contributed by atoms with E-state index in [4.69, 9.17) is 5.73 Å². The van der Waals surface area contributed by atoms with E-state index in [1.165, 1.54) is 0 Å². The van der Waals surface area contributed by atoms with Gasteiger partial charge in [-0.1, -0.05) is 33.6 Å². The zero-order valence-electron chi connectivity index (χ0n) is 9.14. The van der Waals surface area contributed by atoms with Gasteiger partial charge in [0.25, 0.3) is 0 Å². The summed E-state index contributed by atoms with van der Waals surface area (Å²) in [6.07, 6.45) is 4.98. The number of hydrogen-bond donors (Lipinski definition) is 2. The molecule has 1 aliphatic carbocycles. The standard InChI is InChI=1S/C11H23NO/c1-4-5-6-9(12)11(13)7-10(2,3)8-11/h9,13H,4-8,12H2,1-3H3. The number of aliphatic hydroxyl groups is 1. The summed E-state index contributed by atoms with van der Waals surface area (Å²) >= 11 is 0. The van der Waals surface area contributed by atoms with E-state index in [1.54, 1.807) is 0 Å². The van der Waals surface area contributed by atoms with E-state index in [1.807, 2.05) is 0 Å². The smallest absolute Gasteiger partial charge is 0.0808 e. The first-order valence-electron chi connectivity index (χ1n) is 5.38. The number of nitrogens with two attached hydrogens (primary N) is 1. The van der Waals surface area contributed by atoms with Crippen molar-refractivity contribution < 1.29 is 5.11 Å². The Balaban J connectivity index is 2.35. The Morgan fingerprint density at radius 1 is 1.38 bits per heavy atom. The predicted octanol–water partition coefficient (Wildman–Crippen LogP) is 2.05. The average Bonchev–Trinajstić information content (AvgIpc) is 1.96. The molecule has 13 heavy (non-hydrogen) atoms. The first-order valence-corrected chi connectivity index (χ1v) is 5.38. The molecule has 0 heterocycles. The van der Waals surface area contributed by atoms with Crippen molar-refractivity contribution in [3.05, 3.63) is 0 Å². The molecule has 0 aliphatic heterocycles. The molecule has 1 aliphatic rings. The Hall–Kier alpha value is -0.0800. The molecule has 78 valence electrons. The molecule has 0 aromatic heterocycles. The fourth-order valence-corrected chi connectivity index (χ4v) is 2.56. The van der Waals surface area contributed by atoms with Crippen LogP contribution in [0.3, 0.4) is 0 Å². The van der Waals surface area contributed by atoms with E-state index in [9.17, 15) is 5.11 Å². The monoisotopic (exact) mass is 185 g/mol. The number of unbranched alkanes of at least 4 members (excludes halogenated alkanes) is 1. The van der Waals surface area contributed by atoms with Crippen LogP contribution in [0.4, 0.5) is 0 Å². The Labute approximate surface area is 81.5 Å². The van der Waals surface area contributed by atoms with Gasteiger partial charge in [-0.25, -0.2) is 0 Å². The molecule has 0 spiro atoms. The third kappa shape index (κ3) is 2.44. The van der Waals surface area contributed by atoms with Crippen LogP contribution in [-0.4, -0.2) is 16.7 Å². The molecule has 1 atom stereocenters. The summed E-state index contributed by atoms with van der Waals surface area (Å²) in [5.74, 6) is 0. The molecular formula is C11H23NO. The molecule has 1 fully saturated rings. The van der Waals surface area contributed by atoms with Crippen LogP contribution < -0.4 is 5.73 Å². The maximum absolute atomic E-state index is 10.1. The summed E-state index contributed by atoms with van der Waals surface area (Å²) in [6.45, 7) is 6.53. The van der Waals surface area contributed by atoms with Crippen LogP contribution in [0.25, 0.3) is 0 Å². The van der Waals surface area contributed by atoms with Gasteiger partial charge in [0.15, 0.2) is 0 Å². The lowest BCUT2D eigenvalue weighted by atomic mass is 9.58. The second kappa shape index (κ2) is 3.58. The average molecular weight is 185 g/mol. The van der Waals surface area contributed by atoms with Gasteiger partial charge in [-0.3, -0.25) is 0 Å². The summed E-state index contributed by atoms with van der Waals surface area (Å²) in [7, 11) is 0. The first kappa shape index (κ1) is 11.0. The van der Waals surface area contributed by atoms with Gasteiger partial charge in [0.05, 0.1) is 5.60 Å². The highest BCUT2D eigenvalue weighted by Crippen LogP contribution is 2.49. The van der Waals surface area contributed by atoms with Crippen LogP contribution in [0.15, 0.2) is 0 Å². The molecule has 0 radical (unpaired) electrons. The number of hydrogen-bond acceptors (Lipinski definition) is 2. The van der Waals surface area contributed by atoms with Gasteiger partial charge in [-0.05, 0) is 24.7 Å². The molecule has 1 saturated carbocycles. The largest absolute Gasteiger partial charge is 0.388 e. The fraction of sp³-hybridized carbons (Fsp3) is 1.00. The molecule has 2 nitrogen and oxygen atoms in total. The van der Waals surface area contributed by atoms with Gasteiger partial charge in [0.1, 0.15) is 0 Å². The Bertz CT molecular complexity index is 169. The lowest BCUT2D eigenvalue weighted by molar-refractivity contribution is -0.129. The molecule has 0 aromatic carbocycles. The second-order valence-electron chi connectivity index (χ2n) is 5.37. The van der Waals surface area contributed by atoms with E-state index in [0.717, 1.165) is 32.1 Å². The van der Waals surface area contributed by atoms with Crippen LogP contribution in [0, 0.1) is 5.41 Å². The molecule has 1 rings (SSSR count). The second-order valence-corrected chi connectivity index (χ2v) is 5.37. The molecule has 1 unspecified atom stereocenters. The van der Waals surface area contributed by atoms with Crippen molar-refractivity contribution in [1.82, 2.24) is 0 Å². The summed E-state index contributed by atoms with van der Waals surface area (Å²) in [6, 6.07) is -0.0134. The van der Waals surface area contributed by atoms with Gasteiger partial charge in [-0.2, -0.15) is 0 Å². The highest BCUT2D eigenvalue weighted by Gasteiger charge is 2.50. The zero-order valence-corrected chi connectivity index (χ0v) is 9.14. The van der Waals surface area contributed by atoms with Crippen molar-refractivity contribution in [2.24, 2.45) is 11.1 Å². The van der Waals surface area contributed by atoms with Gasteiger partial charge in [0.2, 0.25) is 0 Å². The Kier molecular flexibility index (Phi) is 3.03. The minimum atomic E-state index is -0.557. The van der Waals surface area contributed by atoms with Crippen molar-refractivity contribution in [2.75, 3.05) is 0 Å². The fourth-order valence-electron chi connectivity index (χ4n) is 2.56. The lowest BCUT2D eigenvalue weighted by Crippen LogP contribution is -2.59. The van der Waals surface area contributed by atoms with Crippen molar-refractivity contribution in [2.45, 2.75) is 64.5 Å². The van der Waals surface area contributed by atoms with E-state index >= 15 is 0 Å². The molecular weight excluding hydrogens is 162 g/mol. The highest BCUT2D eigenvalue weighted by molar-refractivity contribution is 5.05. The van der Waals surface area contributed by atoms with Gasteiger partial charge >= 0.3 is 0 Å². The van der Waals surface area contributed by atoms with E-state index in [2.05, 4.69) is 20.8 Å². The van der Waals surface area contributed by atoms with Gasteiger partial charge < -0.3 is 10.8 Å². The quantitative estimate of drug-likeness (QED) is 0.704. The molecule has 0 bridgehead atoms. The van der Waals surface area contributed by atoms with Crippen LogP contribution in [0.2, 0.25) is 0 Å². The lowest BCUT2D eigenvalue weighted by Gasteiger charge is -2.52. The van der Waals surface area contributed by atoms with Gasteiger partial charge in [-0.15, -0.1) is 0 Å². The van der Waals surface area contributed by atoms with Crippen LogP contribution in [0.1, 0.15) is 52.9 Å². The molecule has 2 heteroatoms. The van der Waals surface area contributed by atoms with Crippen molar-refractivity contribution in [1.29, 1.82) is 0 Å². The third-order valence-electron chi connectivity index (χ3n) is 3.13. The van der Waals surface area contributed by atoms with E-state index in [0.29, 0.717) is 5.41 Å². The summed E-state index contributed by atoms with van der Waals surface area (Å²) < 4.78 is 0. The Morgan fingerprint density at radius 2 is 1.92 bits per heavy atom. The predicted molar refractivity (Wildman–Crippen MR) is 55.5 cm³/mol. The zero-order chi connectivity index (χ0) is 10.1. The molecule has 0 saturated heterocycles. The molecule has 0 amide bonds. The van der Waals surface area contributed by atoms with Crippen LogP contribution >= 0.6 is 0 Å². The Morgan fingerprint density at radius 3 is 2.31 bits per heavy atom.